The maximum atomic E-state index is 11.2. The Kier molecular flexibility index (Phi) is 3.53. The highest BCUT2D eigenvalue weighted by Gasteiger charge is 2.37. The van der Waals surface area contributed by atoms with E-state index in [4.69, 9.17) is 4.74 Å². The minimum absolute atomic E-state index is 0.184. The zero-order valence-electron chi connectivity index (χ0n) is 10.8. The number of alkyl carbamates (subject to hydrolysis) is 1. The first-order valence-corrected chi connectivity index (χ1v) is 5.81. The van der Waals surface area contributed by atoms with E-state index in [1.54, 1.807) is 6.92 Å². The van der Waals surface area contributed by atoms with Crippen LogP contribution in [0.3, 0.4) is 0 Å². The summed E-state index contributed by atoms with van der Waals surface area (Å²) in [5, 5.41) is 12.2. The number of cyclic esters (lactones) is 1. The van der Waals surface area contributed by atoms with Crippen LogP contribution in [0.4, 0.5) is 4.79 Å². The number of hydrogen-bond donors (Lipinski definition) is 2. The third-order valence-corrected chi connectivity index (χ3v) is 3.37. The monoisotopic (exact) mass is 229 g/mol. The third kappa shape index (κ3) is 3.67. The van der Waals surface area contributed by atoms with Gasteiger partial charge in [-0.2, -0.15) is 0 Å². The molecule has 3 atom stereocenters. The summed E-state index contributed by atoms with van der Waals surface area (Å²) in [7, 11) is 0. The van der Waals surface area contributed by atoms with Crippen molar-refractivity contribution >= 4 is 6.09 Å². The van der Waals surface area contributed by atoms with E-state index < -0.39 is 11.8 Å². The second-order valence-corrected chi connectivity index (χ2v) is 6.13. The Bertz CT molecular complexity index is 268. The van der Waals surface area contributed by atoms with Crippen molar-refractivity contribution in [2.75, 3.05) is 0 Å². The first-order valence-electron chi connectivity index (χ1n) is 5.81. The van der Waals surface area contributed by atoms with Gasteiger partial charge in [-0.25, -0.2) is 4.79 Å². The van der Waals surface area contributed by atoms with E-state index in [9.17, 15) is 9.90 Å². The number of aliphatic hydroxyl groups is 1. The highest BCUT2D eigenvalue weighted by atomic mass is 16.6. The summed E-state index contributed by atoms with van der Waals surface area (Å²) in [6, 6.07) is 0. The van der Waals surface area contributed by atoms with E-state index in [0.717, 1.165) is 6.42 Å². The van der Waals surface area contributed by atoms with Gasteiger partial charge in [0.25, 0.3) is 0 Å². The number of nitrogens with one attached hydrogen (secondary N) is 1. The van der Waals surface area contributed by atoms with Crippen LogP contribution in [0, 0.1) is 11.3 Å². The Balaban J connectivity index is 2.58. The molecule has 0 aromatic heterocycles. The predicted molar refractivity (Wildman–Crippen MR) is 61.9 cm³/mol. The van der Waals surface area contributed by atoms with E-state index >= 15 is 0 Å². The molecule has 4 heteroatoms. The molecule has 2 unspecified atom stereocenters. The fourth-order valence-electron chi connectivity index (χ4n) is 1.82. The summed E-state index contributed by atoms with van der Waals surface area (Å²) >= 11 is 0. The molecule has 94 valence electrons. The SMILES string of the molecule is CC(CC1C[C@@](C)(O)NC(=O)O1)C(C)(C)C. The minimum Gasteiger partial charge on any atom is -0.446 e. The van der Waals surface area contributed by atoms with Gasteiger partial charge in [-0.15, -0.1) is 0 Å². The van der Waals surface area contributed by atoms with Crippen molar-refractivity contribution in [3.8, 4) is 0 Å². The molecule has 0 radical (unpaired) electrons. The Hall–Kier alpha value is -0.770. The van der Waals surface area contributed by atoms with Gasteiger partial charge in [-0.3, -0.25) is 5.32 Å². The molecule has 4 nitrogen and oxygen atoms in total. The van der Waals surface area contributed by atoms with Gasteiger partial charge in [0, 0.05) is 6.42 Å². The predicted octanol–water partition coefficient (Wildman–Crippen LogP) is 2.27. The molecule has 2 N–H and O–H groups in total. The average molecular weight is 229 g/mol. The Morgan fingerprint density at radius 1 is 1.62 bits per heavy atom. The average Bonchev–Trinajstić information content (AvgIpc) is 1.97. The summed E-state index contributed by atoms with van der Waals surface area (Å²) in [4.78, 5) is 11.2. The molecule has 1 aliphatic rings. The Morgan fingerprint density at radius 3 is 2.62 bits per heavy atom. The topological polar surface area (TPSA) is 58.6 Å². The first-order chi connectivity index (χ1) is 7.10. The lowest BCUT2D eigenvalue weighted by Crippen LogP contribution is -2.54. The van der Waals surface area contributed by atoms with Crippen LogP contribution in [0.2, 0.25) is 0 Å². The van der Waals surface area contributed by atoms with Crippen molar-refractivity contribution in [2.45, 2.75) is 59.3 Å². The summed E-state index contributed by atoms with van der Waals surface area (Å²) in [5.41, 5.74) is -0.958. The normalized spacial score (nSPS) is 32.9. The lowest BCUT2D eigenvalue weighted by atomic mass is 9.78. The maximum Gasteiger partial charge on any atom is 0.409 e. The second-order valence-electron chi connectivity index (χ2n) is 6.13. The molecule has 0 bridgehead atoms. The number of rotatable bonds is 2. The van der Waals surface area contributed by atoms with Crippen molar-refractivity contribution in [3.63, 3.8) is 0 Å². The molecule has 0 saturated carbocycles. The third-order valence-electron chi connectivity index (χ3n) is 3.37. The van der Waals surface area contributed by atoms with Gasteiger partial charge in [0.15, 0.2) is 0 Å². The van der Waals surface area contributed by atoms with Gasteiger partial charge >= 0.3 is 6.09 Å². The van der Waals surface area contributed by atoms with Crippen LogP contribution in [0.15, 0.2) is 0 Å². The fraction of sp³-hybridized carbons (Fsp3) is 0.917. The number of hydrogen-bond acceptors (Lipinski definition) is 3. The van der Waals surface area contributed by atoms with E-state index in [-0.39, 0.29) is 11.5 Å². The lowest BCUT2D eigenvalue weighted by molar-refractivity contribution is -0.0694. The van der Waals surface area contributed by atoms with Gasteiger partial charge < -0.3 is 9.84 Å². The first kappa shape index (κ1) is 13.3. The molecule has 1 saturated heterocycles. The standard InChI is InChI=1S/C12H23NO3/c1-8(11(2,3)4)6-9-7-12(5,15)13-10(14)16-9/h8-9,15H,6-7H2,1-5H3,(H,13,14)/t8?,9?,12-/m1/s1. The molecule has 1 heterocycles. The van der Waals surface area contributed by atoms with Crippen molar-refractivity contribution in [3.05, 3.63) is 0 Å². The number of carbonyl (C=O) groups is 1. The molecule has 1 rings (SSSR count). The lowest BCUT2D eigenvalue weighted by Gasteiger charge is -2.37. The molecule has 1 amide bonds. The maximum absolute atomic E-state index is 11.2. The molecule has 1 aliphatic heterocycles. The van der Waals surface area contributed by atoms with Crippen molar-refractivity contribution in [1.82, 2.24) is 5.32 Å². The van der Waals surface area contributed by atoms with Crippen LogP contribution in [0.1, 0.15) is 47.5 Å². The smallest absolute Gasteiger partial charge is 0.409 e. The number of amides is 1. The summed E-state index contributed by atoms with van der Waals surface area (Å²) in [5.74, 6) is 0.430. The highest BCUT2D eigenvalue weighted by molar-refractivity contribution is 5.69. The van der Waals surface area contributed by atoms with E-state index in [1.165, 1.54) is 0 Å². The molecular weight excluding hydrogens is 206 g/mol. The molecule has 0 aliphatic carbocycles. The van der Waals surface area contributed by atoms with Gasteiger partial charge in [-0.1, -0.05) is 27.7 Å². The van der Waals surface area contributed by atoms with Crippen LogP contribution in [-0.4, -0.2) is 23.0 Å². The molecular formula is C12H23NO3. The van der Waals surface area contributed by atoms with E-state index in [2.05, 4.69) is 33.0 Å². The molecule has 1 fully saturated rings. The Morgan fingerprint density at radius 2 is 2.19 bits per heavy atom. The fourth-order valence-corrected chi connectivity index (χ4v) is 1.82. The van der Waals surface area contributed by atoms with E-state index in [0.29, 0.717) is 12.3 Å². The molecule has 0 aromatic carbocycles. The largest absolute Gasteiger partial charge is 0.446 e. The van der Waals surface area contributed by atoms with Crippen LogP contribution < -0.4 is 5.32 Å². The van der Waals surface area contributed by atoms with Gasteiger partial charge in [-0.05, 0) is 24.7 Å². The number of ether oxygens (including phenoxy) is 1. The minimum atomic E-state index is -1.14. The van der Waals surface area contributed by atoms with Gasteiger partial charge in [0.1, 0.15) is 11.8 Å². The van der Waals surface area contributed by atoms with Crippen molar-refractivity contribution in [2.24, 2.45) is 11.3 Å². The van der Waals surface area contributed by atoms with Crippen molar-refractivity contribution in [1.29, 1.82) is 0 Å². The molecule has 0 spiro atoms. The summed E-state index contributed by atoms with van der Waals surface area (Å²) in [6.07, 6.45) is 0.506. The highest BCUT2D eigenvalue weighted by Crippen LogP contribution is 2.32. The quantitative estimate of drug-likeness (QED) is 0.763. The Labute approximate surface area is 97.4 Å². The van der Waals surface area contributed by atoms with Crippen LogP contribution in [-0.2, 0) is 4.74 Å². The van der Waals surface area contributed by atoms with Crippen LogP contribution in [0.25, 0.3) is 0 Å². The summed E-state index contributed by atoms with van der Waals surface area (Å²) < 4.78 is 5.18. The van der Waals surface area contributed by atoms with Gasteiger partial charge in [0.2, 0.25) is 0 Å². The molecule has 16 heavy (non-hydrogen) atoms. The second kappa shape index (κ2) is 4.24. The zero-order chi connectivity index (χ0) is 12.6. The number of carbonyl (C=O) groups excluding carboxylic acids is 1. The van der Waals surface area contributed by atoms with Crippen LogP contribution >= 0.6 is 0 Å². The van der Waals surface area contributed by atoms with Crippen LogP contribution in [0.5, 0.6) is 0 Å². The van der Waals surface area contributed by atoms with Gasteiger partial charge in [0.05, 0.1) is 0 Å². The van der Waals surface area contributed by atoms with E-state index in [1.807, 2.05) is 0 Å². The van der Waals surface area contributed by atoms with Crippen molar-refractivity contribution < 1.29 is 14.6 Å². The summed E-state index contributed by atoms with van der Waals surface area (Å²) in [6.45, 7) is 10.2. The molecule has 0 aromatic rings. The zero-order valence-corrected chi connectivity index (χ0v) is 10.8.